The molecule has 4 nitrogen and oxygen atoms in total. The van der Waals surface area contributed by atoms with Gasteiger partial charge in [-0.05, 0) is 42.9 Å². The molecule has 2 rings (SSSR count). The van der Waals surface area contributed by atoms with Crippen LogP contribution in [-0.2, 0) is 14.9 Å². The fourth-order valence-corrected chi connectivity index (χ4v) is 2.67. The molecule has 1 aromatic carbocycles. The van der Waals surface area contributed by atoms with Crippen molar-refractivity contribution in [2.24, 2.45) is 0 Å². The van der Waals surface area contributed by atoms with E-state index in [0.29, 0.717) is 18.8 Å². The minimum Gasteiger partial charge on any atom is -0.381 e. The van der Waals surface area contributed by atoms with E-state index in [1.54, 1.807) is 12.1 Å². The molecule has 0 amide bonds. The van der Waals surface area contributed by atoms with Crippen molar-refractivity contribution in [2.45, 2.75) is 31.2 Å². The fourth-order valence-electron chi connectivity index (χ4n) is 2.16. The second-order valence-electron chi connectivity index (χ2n) is 4.89. The van der Waals surface area contributed by atoms with E-state index in [4.69, 9.17) is 4.74 Å². The maximum absolute atomic E-state index is 12.4. The molecule has 0 saturated carbocycles. The van der Waals surface area contributed by atoms with Crippen molar-refractivity contribution in [3.8, 4) is 5.75 Å². The van der Waals surface area contributed by atoms with Crippen LogP contribution in [0.3, 0.4) is 0 Å². The quantitative estimate of drug-likeness (QED) is 0.633. The van der Waals surface area contributed by atoms with Gasteiger partial charge in [-0.3, -0.25) is 0 Å². The largest absolute Gasteiger partial charge is 0.534 e. The average Bonchev–Trinajstić information content (AvgIpc) is 2.41. The minimum atomic E-state index is -5.65. The molecule has 1 aliphatic rings. The first kappa shape index (κ1) is 16.1. The molecule has 21 heavy (non-hydrogen) atoms. The first-order valence-corrected chi connectivity index (χ1v) is 7.80. The Morgan fingerprint density at radius 3 is 2.43 bits per heavy atom. The molecule has 0 unspecified atom stereocenters. The molecule has 0 radical (unpaired) electrons. The van der Waals surface area contributed by atoms with Crippen LogP contribution >= 0.6 is 0 Å². The Labute approximate surface area is 121 Å². The highest BCUT2D eigenvalue weighted by atomic mass is 32.2. The molecule has 0 N–H and O–H groups in total. The Hall–Kier alpha value is -1.28. The van der Waals surface area contributed by atoms with Gasteiger partial charge in [0.2, 0.25) is 0 Å². The van der Waals surface area contributed by atoms with Gasteiger partial charge in [-0.1, -0.05) is 12.1 Å². The highest BCUT2D eigenvalue weighted by Crippen LogP contribution is 2.33. The highest BCUT2D eigenvalue weighted by Gasteiger charge is 2.48. The molecule has 1 fully saturated rings. The molecule has 0 aliphatic carbocycles. The number of rotatable bonds is 3. The first-order chi connectivity index (χ1) is 9.71. The zero-order valence-corrected chi connectivity index (χ0v) is 12.1. The number of hydrogen-bond acceptors (Lipinski definition) is 4. The zero-order chi connectivity index (χ0) is 15.7. The average molecular weight is 324 g/mol. The van der Waals surface area contributed by atoms with E-state index in [1.165, 1.54) is 13.0 Å². The summed E-state index contributed by atoms with van der Waals surface area (Å²) < 4.78 is 68.8. The summed E-state index contributed by atoms with van der Waals surface area (Å²) in [6.45, 7) is 2.65. The lowest BCUT2D eigenvalue weighted by Crippen LogP contribution is -2.28. The van der Waals surface area contributed by atoms with Crippen LogP contribution in [-0.4, -0.2) is 27.1 Å². The van der Waals surface area contributed by atoms with Crippen LogP contribution in [0.2, 0.25) is 0 Å². The summed E-state index contributed by atoms with van der Waals surface area (Å²) in [5.74, 6) is -0.147. The predicted molar refractivity (Wildman–Crippen MR) is 69.6 cm³/mol. The molecule has 0 atom stereocenters. The van der Waals surface area contributed by atoms with Crippen molar-refractivity contribution in [1.82, 2.24) is 0 Å². The Balaban J connectivity index is 2.27. The number of benzene rings is 1. The maximum atomic E-state index is 12.4. The first-order valence-electron chi connectivity index (χ1n) is 6.40. The van der Waals surface area contributed by atoms with Crippen LogP contribution in [0.1, 0.15) is 29.9 Å². The van der Waals surface area contributed by atoms with E-state index in [1.807, 2.05) is 0 Å². The van der Waals surface area contributed by atoms with Crippen LogP contribution in [0.4, 0.5) is 13.2 Å². The predicted octanol–water partition coefficient (Wildman–Crippen LogP) is 3.12. The van der Waals surface area contributed by atoms with Crippen molar-refractivity contribution in [1.29, 1.82) is 0 Å². The summed E-state index contributed by atoms with van der Waals surface area (Å²) in [5, 5.41) is 0. The van der Waals surface area contributed by atoms with Gasteiger partial charge < -0.3 is 8.92 Å². The molecule has 0 bridgehead atoms. The van der Waals surface area contributed by atoms with Crippen LogP contribution in [0.15, 0.2) is 18.2 Å². The summed E-state index contributed by atoms with van der Waals surface area (Å²) >= 11 is 0. The molecule has 1 aromatic rings. The van der Waals surface area contributed by atoms with E-state index in [0.717, 1.165) is 18.4 Å². The highest BCUT2D eigenvalue weighted by molar-refractivity contribution is 7.88. The van der Waals surface area contributed by atoms with Crippen molar-refractivity contribution < 1.29 is 30.5 Å². The van der Waals surface area contributed by atoms with Gasteiger partial charge in [0.15, 0.2) is 0 Å². The molecule has 1 heterocycles. The minimum absolute atomic E-state index is 0.135. The van der Waals surface area contributed by atoms with Crippen LogP contribution in [0, 0.1) is 6.92 Å². The lowest BCUT2D eigenvalue weighted by Gasteiger charge is -2.23. The molecule has 1 aliphatic heterocycles. The van der Waals surface area contributed by atoms with Gasteiger partial charge in [0.25, 0.3) is 0 Å². The Bertz CT molecular complexity index is 604. The summed E-state index contributed by atoms with van der Waals surface area (Å²) in [6.07, 6.45) is 1.49. The Morgan fingerprint density at radius 2 is 1.86 bits per heavy atom. The van der Waals surface area contributed by atoms with Crippen LogP contribution in [0.25, 0.3) is 0 Å². The van der Waals surface area contributed by atoms with Gasteiger partial charge in [0.1, 0.15) is 5.75 Å². The number of aryl methyl sites for hydroxylation is 1. The van der Waals surface area contributed by atoms with E-state index in [2.05, 4.69) is 4.18 Å². The van der Waals surface area contributed by atoms with E-state index >= 15 is 0 Å². The summed E-state index contributed by atoms with van der Waals surface area (Å²) in [5.41, 5.74) is -4.34. The topological polar surface area (TPSA) is 52.6 Å². The van der Waals surface area contributed by atoms with Crippen LogP contribution < -0.4 is 4.18 Å². The number of hydrogen-bond donors (Lipinski definition) is 0. The number of alkyl halides is 3. The standard InChI is InChI=1S/C13H15F3O4S/c1-9-2-3-11(10-4-6-19-7-5-10)8-12(9)20-21(17,18)13(14,15)16/h2-3,8,10H,4-7H2,1H3. The second-order valence-corrected chi connectivity index (χ2v) is 6.43. The third kappa shape index (κ3) is 3.68. The van der Waals surface area contributed by atoms with Gasteiger partial charge >= 0.3 is 15.6 Å². The fraction of sp³-hybridized carbons (Fsp3) is 0.538. The second kappa shape index (κ2) is 5.84. The Kier molecular flexibility index (Phi) is 4.48. The summed E-state index contributed by atoms with van der Waals surface area (Å²) in [6, 6.07) is 4.71. The molecular weight excluding hydrogens is 309 g/mol. The van der Waals surface area contributed by atoms with Gasteiger partial charge in [0, 0.05) is 13.2 Å². The number of halogens is 3. The third-order valence-corrected chi connectivity index (χ3v) is 4.35. The lowest BCUT2D eigenvalue weighted by atomic mass is 9.91. The molecule has 1 saturated heterocycles. The van der Waals surface area contributed by atoms with Crippen LogP contribution in [0.5, 0.6) is 5.75 Å². The van der Waals surface area contributed by atoms with E-state index in [-0.39, 0.29) is 11.7 Å². The SMILES string of the molecule is Cc1ccc(C2CCOCC2)cc1OS(=O)(=O)C(F)(F)F. The summed E-state index contributed by atoms with van der Waals surface area (Å²) in [4.78, 5) is 0. The third-order valence-electron chi connectivity index (χ3n) is 3.39. The number of ether oxygens (including phenoxy) is 1. The molecule has 0 spiro atoms. The zero-order valence-electron chi connectivity index (χ0n) is 11.3. The van der Waals surface area contributed by atoms with Crippen molar-refractivity contribution in [2.75, 3.05) is 13.2 Å². The molecule has 0 aromatic heterocycles. The normalized spacial score (nSPS) is 17.7. The van der Waals surface area contributed by atoms with Crippen molar-refractivity contribution in [3.05, 3.63) is 29.3 Å². The molecule has 118 valence electrons. The van der Waals surface area contributed by atoms with Gasteiger partial charge in [0.05, 0.1) is 0 Å². The van der Waals surface area contributed by atoms with Gasteiger partial charge in [-0.2, -0.15) is 21.6 Å². The monoisotopic (exact) mass is 324 g/mol. The maximum Gasteiger partial charge on any atom is 0.534 e. The molecular formula is C13H15F3O4S. The van der Waals surface area contributed by atoms with Gasteiger partial charge in [-0.25, -0.2) is 0 Å². The smallest absolute Gasteiger partial charge is 0.381 e. The van der Waals surface area contributed by atoms with E-state index in [9.17, 15) is 21.6 Å². The molecule has 8 heteroatoms. The van der Waals surface area contributed by atoms with E-state index < -0.39 is 15.6 Å². The van der Waals surface area contributed by atoms with Gasteiger partial charge in [-0.15, -0.1) is 0 Å². The lowest BCUT2D eigenvalue weighted by molar-refractivity contribution is -0.0500. The Morgan fingerprint density at radius 1 is 1.24 bits per heavy atom. The van der Waals surface area contributed by atoms with Crippen molar-refractivity contribution >= 4 is 10.1 Å². The van der Waals surface area contributed by atoms with Crippen molar-refractivity contribution in [3.63, 3.8) is 0 Å². The summed E-state index contributed by atoms with van der Waals surface area (Å²) in [7, 11) is -5.65.